The molecule has 0 unspecified atom stereocenters. The first-order valence-corrected chi connectivity index (χ1v) is 6.86. The molecular weight excluding hydrogens is 270 g/mol. The van der Waals surface area contributed by atoms with Crippen LogP contribution in [0.4, 0.5) is 0 Å². The third-order valence-electron chi connectivity index (χ3n) is 3.40. The minimum absolute atomic E-state index is 0.0664. The number of aryl methyl sites for hydroxylation is 2. The van der Waals surface area contributed by atoms with Crippen molar-refractivity contribution in [2.45, 2.75) is 20.0 Å². The number of nitrogens with zero attached hydrogens (tertiary/aromatic N) is 4. The van der Waals surface area contributed by atoms with Crippen molar-refractivity contribution in [1.82, 2.24) is 25.1 Å². The molecule has 0 saturated carbocycles. The molecule has 3 rings (SSSR count). The van der Waals surface area contributed by atoms with Crippen molar-refractivity contribution < 1.29 is 9.53 Å². The van der Waals surface area contributed by atoms with Crippen LogP contribution < -0.4 is 0 Å². The van der Waals surface area contributed by atoms with Gasteiger partial charge in [0.15, 0.2) is 0 Å². The summed E-state index contributed by atoms with van der Waals surface area (Å²) >= 11 is 0. The predicted molar refractivity (Wildman–Crippen MR) is 74.7 cm³/mol. The minimum atomic E-state index is -0.217. The van der Waals surface area contributed by atoms with E-state index in [9.17, 15) is 4.79 Å². The number of ether oxygens (including phenoxy) is 1. The van der Waals surface area contributed by atoms with Gasteiger partial charge in [0, 0.05) is 18.4 Å². The van der Waals surface area contributed by atoms with Gasteiger partial charge in [0.25, 0.3) is 5.91 Å². The van der Waals surface area contributed by atoms with Gasteiger partial charge in [-0.05, 0) is 26.0 Å². The van der Waals surface area contributed by atoms with Crippen LogP contribution in [0.25, 0.3) is 0 Å². The van der Waals surface area contributed by atoms with E-state index in [1.165, 1.54) is 0 Å². The largest absolute Gasteiger partial charge is 0.368 e. The van der Waals surface area contributed by atoms with Gasteiger partial charge in [0.2, 0.25) is 0 Å². The zero-order valence-corrected chi connectivity index (χ0v) is 12.0. The van der Waals surface area contributed by atoms with Gasteiger partial charge in [-0.3, -0.25) is 9.89 Å². The molecule has 2 aromatic rings. The van der Waals surface area contributed by atoms with Crippen molar-refractivity contribution in [3.05, 3.63) is 41.2 Å². The highest BCUT2D eigenvalue weighted by Crippen LogP contribution is 2.22. The van der Waals surface area contributed by atoms with Crippen molar-refractivity contribution in [2.24, 2.45) is 0 Å². The SMILES string of the molecule is Cc1cc([C@@H]2CN(C(=O)c3ccn[nH]3)CCO2)nc(C)n1. The van der Waals surface area contributed by atoms with Crippen molar-refractivity contribution in [2.75, 3.05) is 19.7 Å². The van der Waals surface area contributed by atoms with Gasteiger partial charge in [-0.15, -0.1) is 0 Å². The van der Waals surface area contributed by atoms with Crippen LogP contribution in [0.1, 0.15) is 33.8 Å². The van der Waals surface area contributed by atoms with E-state index in [1.807, 2.05) is 19.9 Å². The lowest BCUT2D eigenvalue weighted by atomic mass is 10.1. The van der Waals surface area contributed by atoms with Crippen LogP contribution in [-0.4, -0.2) is 50.7 Å². The highest BCUT2D eigenvalue weighted by molar-refractivity contribution is 5.92. The van der Waals surface area contributed by atoms with E-state index in [1.54, 1.807) is 17.2 Å². The minimum Gasteiger partial charge on any atom is -0.368 e. The number of nitrogens with one attached hydrogen (secondary N) is 1. The zero-order chi connectivity index (χ0) is 14.8. The second-order valence-corrected chi connectivity index (χ2v) is 5.06. The van der Waals surface area contributed by atoms with E-state index >= 15 is 0 Å². The van der Waals surface area contributed by atoms with Gasteiger partial charge in [0.05, 0.1) is 18.8 Å². The molecule has 0 spiro atoms. The zero-order valence-electron chi connectivity index (χ0n) is 12.0. The quantitative estimate of drug-likeness (QED) is 0.892. The Morgan fingerprint density at radius 3 is 3.00 bits per heavy atom. The Morgan fingerprint density at radius 1 is 1.43 bits per heavy atom. The number of H-pyrrole nitrogens is 1. The smallest absolute Gasteiger partial charge is 0.272 e. The molecule has 21 heavy (non-hydrogen) atoms. The van der Waals surface area contributed by atoms with Crippen molar-refractivity contribution in [3.8, 4) is 0 Å². The molecule has 1 aliphatic heterocycles. The molecule has 110 valence electrons. The number of carbonyl (C=O) groups is 1. The first-order valence-electron chi connectivity index (χ1n) is 6.86. The summed E-state index contributed by atoms with van der Waals surface area (Å²) in [5, 5.41) is 6.51. The number of carbonyl (C=O) groups excluding carboxylic acids is 1. The summed E-state index contributed by atoms with van der Waals surface area (Å²) in [6.45, 7) is 5.32. The van der Waals surface area contributed by atoms with Crippen LogP contribution in [-0.2, 0) is 4.74 Å². The van der Waals surface area contributed by atoms with Crippen LogP contribution in [0.5, 0.6) is 0 Å². The Morgan fingerprint density at radius 2 is 2.29 bits per heavy atom. The summed E-state index contributed by atoms with van der Waals surface area (Å²) < 4.78 is 5.76. The van der Waals surface area contributed by atoms with Gasteiger partial charge in [-0.25, -0.2) is 9.97 Å². The molecule has 1 N–H and O–H groups in total. The van der Waals surface area contributed by atoms with Gasteiger partial charge in [-0.2, -0.15) is 5.10 Å². The summed E-state index contributed by atoms with van der Waals surface area (Å²) in [5.74, 6) is 0.647. The molecule has 0 aromatic carbocycles. The first kappa shape index (κ1) is 13.7. The number of aromatic amines is 1. The molecule has 1 fully saturated rings. The fourth-order valence-electron chi connectivity index (χ4n) is 2.47. The summed E-state index contributed by atoms with van der Waals surface area (Å²) in [6.07, 6.45) is 1.36. The maximum absolute atomic E-state index is 12.3. The lowest BCUT2D eigenvalue weighted by Gasteiger charge is -2.32. The summed E-state index contributed by atoms with van der Waals surface area (Å²) in [4.78, 5) is 22.8. The van der Waals surface area contributed by atoms with Gasteiger partial charge < -0.3 is 9.64 Å². The van der Waals surface area contributed by atoms with Crippen LogP contribution >= 0.6 is 0 Å². The second-order valence-electron chi connectivity index (χ2n) is 5.06. The Kier molecular flexibility index (Phi) is 3.66. The monoisotopic (exact) mass is 287 g/mol. The van der Waals surface area contributed by atoms with Gasteiger partial charge >= 0.3 is 0 Å². The topological polar surface area (TPSA) is 84.0 Å². The molecule has 1 saturated heterocycles. The number of hydrogen-bond acceptors (Lipinski definition) is 5. The molecule has 0 bridgehead atoms. The van der Waals surface area contributed by atoms with Crippen LogP contribution in [0.2, 0.25) is 0 Å². The van der Waals surface area contributed by atoms with E-state index in [2.05, 4.69) is 20.2 Å². The molecule has 3 heterocycles. The third-order valence-corrected chi connectivity index (χ3v) is 3.40. The van der Waals surface area contributed by atoms with Crippen LogP contribution in [0, 0.1) is 13.8 Å². The number of morpholine rings is 1. The Hall–Kier alpha value is -2.28. The highest BCUT2D eigenvalue weighted by atomic mass is 16.5. The fourth-order valence-corrected chi connectivity index (χ4v) is 2.47. The molecule has 1 aliphatic rings. The van der Waals surface area contributed by atoms with E-state index in [-0.39, 0.29) is 12.0 Å². The Bertz CT molecular complexity index is 621. The number of rotatable bonds is 2. The number of amides is 1. The first-order chi connectivity index (χ1) is 10.1. The van der Waals surface area contributed by atoms with Crippen molar-refractivity contribution in [3.63, 3.8) is 0 Å². The lowest BCUT2D eigenvalue weighted by Crippen LogP contribution is -2.42. The van der Waals surface area contributed by atoms with E-state index in [0.29, 0.717) is 31.2 Å². The molecule has 2 aromatic heterocycles. The van der Waals surface area contributed by atoms with Crippen molar-refractivity contribution in [1.29, 1.82) is 0 Å². The number of aromatic nitrogens is 4. The molecule has 1 amide bonds. The van der Waals surface area contributed by atoms with E-state index in [4.69, 9.17) is 4.74 Å². The summed E-state index contributed by atoms with van der Waals surface area (Å²) in [6, 6.07) is 3.58. The molecule has 7 nitrogen and oxygen atoms in total. The molecular formula is C14H17N5O2. The van der Waals surface area contributed by atoms with Crippen molar-refractivity contribution >= 4 is 5.91 Å². The van der Waals surface area contributed by atoms with Gasteiger partial charge in [-0.1, -0.05) is 0 Å². The lowest BCUT2D eigenvalue weighted by molar-refractivity contribution is -0.0250. The average molecular weight is 287 g/mol. The highest BCUT2D eigenvalue weighted by Gasteiger charge is 2.27. The summed E-state index contributed by atoms with van der Waals surface area (Å²) in [7, 11) is 0. The molecule has 0 radical (unpaired) electrons. The maximum Gasteiger partial charge on any atom is 0.272 e. The second kappa shape index (κ2) is 5.61. The predicted octanol–water partition coefficient (Wildman–Crippen LogP) is 1.03. The third kappa shape index (κ3) is 2.92. The fraction of sp³-hybridized carbons (Fsp3) is 0.429. The molecule has 7 heteroatoms. The van der Waals surface area contributed by atoms with Crippen LogP contribution in [0.3, 0.4) is 0 Å². The van der Waals surface area contributed by atoms with Crippen LogP contribution in [0.15, 0.2) is 18.3 Å². The molecule has 1 atom stereocenters. The Balaban J connectivity index is 1.78. The standard InChI is InChI=1S/C14H17N5O2/c1-9-7-12(17-10(2)16-9)13-8-19(5-6-21-13)14(20)11-3-4-15-18-11/h3-4,7,13H,5-6,8H2,1-2H3,(H,15,18)/t13-/m0/s1. The Labute approximate surface area is 122 Å². The van der Waals surface area contributed by atoms with Gasteiger partial charge in [0.1, 0.15) is 17.6 Å². The normalized spacial score (nSPS) is 18.8. The summed E-state index contributed by atoms with van der Waals surface area (Å²) in [5.41, 5.74) is 2.21. The molecule has 0 aliphatic carbocycles. The average Bonchev–Trinajstić information content (AvgIpc) is 3.00. The van der Waals surface area contributed by atoms with E-state index in [0.717, 1.165) is 11.4 Å². The maximum atomic E-state index is 12.3. The number of hydrogen-bond donors (Lipinski definition) is 1. The van der Waals surface area contributed by atoms with E-state index < -0.39 is 0 Å².